The molecule has 7 heteroatoms. The molecule has 0 amide bonds. The van der Waals surface area contributed by atoms with Gasteiger partial charge in [0.2, 0.25) is 0 Å². The number of fused-ring (bicyclic) bond motifs is 2. The number of aromatic amines is 1. The number of carboxylic acid groups (broad SMARTS) is 1. The van der Waals surface area contributed by atoms with Gasteiger partial charge in [0.15, 0.2) is 5.65 Å². The van der Waals surface area contributed by atoms with Crippen LogP contribution in [-0.4, -0.2) is 31.4 Å². The van der Waals surface area contributed by atoms with E-state index in [1.165, 1.54) is 10.6 Å². The largest absolute Gasteiger partial charge is 0.477 e. The first kappa shape index (κ1) is 14.6. The van der Waals surface area contributed by atoms with Gasteiger partial charge in [-0.1, -0.05) is 13.3 Å². The topological polar surface area (TPSA) is 87.5 Å². The third-order valence-corrected chi connectivity index (χ3v) is 4.45. The third kappa shape index (κ3) is 2.59. The molecule has 0 bridgehead atoms. The van der Waals surface area contributed by atoms with Crippen molar-refractivity contribution in [2.45, 2.75) is 24.7 Å². The van der Waals surface area contributed by atoms with Crippen molar-refractivity contribution in [3.8, 4) is 0 Å². The van der Waals surface area contributed by atoms with Crippen molar-refractivity contribution in [3.05, 3.63) is 40.3 Å². The summed E-state index contributed by atoms with van der Waals surface area (Å²) in [6.07, 6.45) is 2.25. The molecule has 2 aromatic heterocycles. The van der Waals surface area contributed by atoms with Crippen molar-refractivity contribution in [1.29, 1.82) is 0 Å². The zero-order chi connectivity index (χ0) is 15.7. The minimum atomic E-state index is -1.12. The smallest absolute Gasteiger partial charge is 0.353 e. The number of H-pyrrole nitrogens is 1. The predicted octanol–water partition coefficient (Wildman–Crippen LogP) is 2.77. The summed E-state index contributed by atoms with van der Waals surface area (Å²) < 4.78 is 1.17. The fourth-order valence-corrected chi connectivity index (χ4v) is 3.24. The second-order valence-corrected chi connectivity index (χ2v) is 6.13. The third-order valence-electron chi connectivity index (χ3n) is 3.37. The summed E-state index contributed by atoms with van der Waals surface area (Å²) in [6.45, 7) is 2.14. The lowest BCUT2D eigenvalue weighted by molar-refractivity contribution is 0.0690. The van der Waals surface area contributed by atoms with E-state index in [1.807, 2.05) is 12.1 Å². The van der Waals surface area contributed by atoms with Gasteiger partial charge in [0.1, 0.15) is 5.69 Å². The molecule has 6 nitrogen and oxygen atoms in total. The first-order chi connectivity index (χ1) is 10.6. The van der Waals surface area contributed by atoms with Gasteiger partial charge in [0.25, 0.3) is 5.56 Å². The van der Waals surface area contributed by atoms with Crippen LogP contribution >= 0.6 is 11.8 Å². The first-order valence-corrected chi connectivity index (χ1v) is 8.00. The van der Waals surface area contributed by atoms with E-state index >= 15 is 0 Å². The van der Waals surface area contributed by atoms with Gasteiger partial charge >= 0.3 is 5.97 Å². The van der Waals surface area contributed by atoms with Gasteiger partial charge in [-0.25, -0.2) is 14.3 Å². The molecule has 0 radical (unpaired) electrons. The maximum absolute atomic E-state index is 12.5. The number of hydrogen-bond acceptors (Lipinski definition) is 4. The number of carbonyl (C=O) groups is 1. The lowest BCUT2D eigenvalue weighted by Crippen LogP contribution is -2.15. The zero-order valence-electron chi connectivity index (χ0n) is 12.0. The average molecular weight is 317 g/mol. The number of carboxylic acids is 1. The molecule has 0 saturated carbocycles. The number of nitrogens with zero attached hydrogens (tertiary/aromatic N) is 2. The van der Waals surface area contributed by atoms with E-state index in [0.29, 0.717) is 16.6 Å². The van der Waals surface area contributed by atoms with Crippen LogP contribution in [0.15, 0.2) is 34.0 Å². The molecule has 22 heavy (non-hydrogen) atoms. The molecule has 0 aliphatic rings. The molecule has 0 spiro atoms. The Morgan fingerprint density at radius 2 is 2.23 bits per heavy atom. The zero-order valence-corrected chi connectivity index (χ0v) is 12.8. The number of aromatic carboxylic acids is 1. The average Bonchev–Trinajstić information content (AvgIpc) is 2.93. The molecular formula is C15H15N3O3S. The molecule has 0 atom stereocenters. The molecule has 114 valence electrons. The van der Waals surface area contributed by atoms with E-state index in [9.17, 15) is 9.59 Å². The van der Waals surface area contributed by atoms with E-state index in [4.69, 9.17) is 5.11 Å². The van der Waals surface area contributed by atoms with Crippen LogP contribution in [0.5, 0.6) is 0 Å². The maximum Gasteiger partial charge on any atom is 0.353 e. The number of benzene rings is 1. The Bertz CT molecular complexity index is 913. The van der Waals surface area contributed by atoms with Crippen molar-refractivity contribution < 1.29 is 9.90 Å². The van der Waals surface area contributed by atoms with Crippen LogP contribution in [-0.2, 0) is 0 Å². The number of unbranched alkanes of at least 4 members (excludes halogenated alkanes) is 1. The highest BCUT2D eigenvalue weighted by Gasteiger charge is 2.12. The molecule has 0 saturated heterocycles. The van der Waals surface area contributed by atoms with Crippen LogP contribution in [0.25, 0.3) is 16.6 Å². The van der Waals surface area contributed by atoms with Crippen LogP contribution in [0.4, 0.5) is 0 Å². The van der Waals surface area contributed by atoms with Crippen molar-refractivity contribution in [3.63, 3.8) is 0 Å². The van der Waals surface area contributed by atoms with Crippen LogP contribution in [0, 0.1) is 0 Å². The molecule has 2 N–H and O–H groups in total. The predicted molar refractivity (Wildman–Crippen MR) is 85.9 cm³/mol. The Morgan fingerprint density at radius 3 is 2.95 bits per heavy atom. The monoisotopic (exact) mass is 317 g/mol. The fourth-order valence-electron chi connectivity index (χ4n) is 2.20. The van der Waals surface area contributed by atoms with Gasteiger partial charge in [-0.2, -0.15) is 0 Å². The second kappa shape index (κ2) is 5.84. The number of nitrogens with one attached hydrogen (secondary N) is 1. The normalized spacial score (nSPS) is 11.3. The van der Waals surface area contributed by atoms with Crippen LogP contribution in [0.3, 0.4) is 0 Å². The van der Waals surface area contributed by atoms with Crippen molar-refractivity contribution in [1.82, 2.24) is 14.6 Å². The Balaban J connectivity index is 2.11. The van der Waals surface area contributed by atoms with Crippen LogP contribution < -0.4 is 5.56 Å². The summed E-state index contributed by atoms with van der Waals surface area (Å²) in [5, 5.41) is 12.0. The summed E-state index contributed by atoms with van der Waals surface area (Å²) in [5.41, 5.74) is 0.532. The lowest BCUT2D eigenvalue weighted by atomic mass is 10.2. The Kier molecular flexibility index (Phi) is 3.89. The van der Waals surface area contributed by atoms with Crippen molar-refractivity contribution in [2.24, 2.45) is 0 Å². The SMILES string of the molecule is CCCCSc1ccc2nc3cc(C(=O)O)[nH]n3c(=O)c2c1. The van der Waals surface area contributed by atoms with Crippen LogP contribution in [0.2, 0.25) is 0 Å². The minimum absolute atomic E-state index is 0.0579. The minimum Gasteiger partial charge on any atom is -0.477 e. The first-order valence-electron chi connectivity index (χ1n) is 7.02. The van der Waals surface area contributed by atoms with Gasteiger partial charge < -0.3 is 5.11 Å². The highest BCUT2D eigenvalue weighted by Crippen LogP contribution is 2.22. The van der Waals surface area contributed by atoms with Crippen molar-refractivity contribution in [2.75, 3.05) is 5.75 Å². The number of thioether (sulfide) groups is 1. The number of aromatic nitrogens is 3. The Hall–Kier alpha value is -2.28. The van der Waals surface area contributed by atoms with Crippen molar-refractivity contribution >= 4 is 34.3 Å². The fraction of sp³-hybridized carbons (Fsp3) is 0.267. The number of rotatable bonds is 5. The van der Waals surface area contributed by atoms with E-state index in [-0.39, 0.29) is 11.3 Å². The molecule has 3 rings (SSSR count). The highest BCUT2D eigenvalue weighted by molar-refractivity contribution is 7.99. The molecule has 2 heterocycles. The molecular weight excluding hydrogens is 302 g/mol. The van der Waals surface area contributed by atoms with Gasteiger partial charge in [-0.3, -0.25) is 9.89 Å². The van der Waals surface area contributed by atoms with Gasteiger partial charge in [-0.05, 0) is 30.4 Å². The molecule has 0 aliphatic heterocycles. The van der Waals surface area contributed by atoms with Gasteiger partial charge in [0.05, 0.1) is 10.9 Å². The van der Waals surface area contributed by atoms with Crippen LogP contribution in [0.1, 0.15) is 30.3 Å². The molecule has 0 fully saturated rings. The van der Waals surface area contributed by atoms with E-state index in [0.717, 1.165) is 23.5 Å². The van der Waals surface area contributed by atoms with E-state index < -0.39 is 5.97 Å². The summed E-state index contributed by atoms with van der Waals surface area (Å²) in [7, 11) is 0. The summed E-state index contributed by atoms with van der Waals surface area (Å²) >= 11 is 1.70. The van der Waals surface area contributed by atoms with Gasteiger partial charge in [-0.15, -0.1) is 11.8 Å². The summed E-state index contributed by atoms with van der Waals surface area (Å²) in [4.78, 5) is 28.9. The second-order valence-electron chi connectivity index (χ2n) is 4.97. The Morgan fingerprint density at radius 1 is 1.41 bits per heavy atom. The molecule has 0 unspecified atom stereocenters. The summed E-state index contributed by atoms with van der Waals surface area (Å²) in [5.74, 6) is -0.116. The summed E-state index contributed by atoms with van der Waals surface area (Å²) in [6, 6.07) is 6.92. The van der Waals surface area contributed by atoms with E-state index in [2.05, 4.69) is 17.0 Å². The standard InChI is InChI=1S/C15H15N3O3S/c1-2-3-6-22-9-4-5-11-10(7-9)14(19)18-13(16-11)8-12(17-18)15(20)21/h4-5,7-8,17H,2-3,6H2,1H3,(H,20,21). The quantitative estimate of drug-likeness (QED) is 0.558. The van der Waals surface area contributed by atoms with E-state index in [1.54, 1.807) is 17.8 Å². The lowest BCUT2D eigenvalue weighted by Gasteiger charge is -2.03. The maximum atomic E-state index is 12.5. The highest BCUT2D eigenvalue weighted by atomic mass is 32.2. The van der Waals surface area contributed by atoms with Gasteiger partial charge in [0, 0.05) is 11.0 Å². The Labute approximate surface area is 130 Å². The molecule has 0 aliphatic carbocycles. The molecule has 1 aromatic carbocycles. The molecule has 3 aromatic rings. The number of hydrogen-bond donors (Lipinski definition) is 2.